The molecule has 6 heteroatoms. The summed E-state index contributed by atoms with van der Waals surface area (Å²) in [5.74, 6) is -1.56. The Kier molecular flexibility index (Phi) is 10.8. The zero-order chi connectivity index (χ0) is 22.6. The molecule has 1 aromatic rings. The van der Waals surface area contributed by atoms with Crippen LogP contribution in [0.2, 0.25) is 0 Å². The van der Waals surface area contributed by atoms with Crippen LogP contribution in [0.4, 0.5) is 0 Å². The number of benzene rings is 1. The standard InChI is InChI=1S/C24H35N3O3/c1-18(2)17-21(22(28)27-26-16-10-15-25)20(23(29)30-24(3,4)5)14-9-13-19-11-7-6-8-12-19/h6-9,11-13,18,20-21,26H,10,14,16-17H2,1-5H3,(H,27,28)/b13-9+/t20-,21+/m0/s1. The van der Waals surface area contributed by atoms with Gasteiger partial charge in [-0.25, -0.2) is 5.43 Å². The summed E-state index contributed by atoms with van der Waals surface area (Å²) < 4.78 is 5.64. The molecule has 0 bridgehead atoms. The van der Waals surface area contributed by atoms with Gasteiger partial charge in [0.1, 0.15) is 5.60 Å². The van der Waals surface area contributed by atoms with E-state index in [-0.39, 0.29) is 24.2 Å². The third-order valence-electron chi connectivity index (χ3n) is 4.33. The van der Waals surface area contributed by atoms with Crippen molar-refractivity contribution in [3.05, 3.63) is 42.0 Å². The Labute approximate surface area is 180 Å². The van der Waals surface area contributed by atoms with Gasteiger partial charge in [-0.2, -0.15) is 5.26 Å². The quantitative estimate of drug-likeness (QED) is 0.322. The highest BCUT2D eigenvalue weighted by molar-refractivity contribution is 5.85. The number of ether oxygens (including phenoxy) is 1. The van der Waals surface area contributed by atoms with Crippen LogP contribution in [0, 0.1) is 29.1 Å². The van der Waals surface area contributed by atoms with E-state index in [4.69, 9.17) is 10.00 Å². The number of allylic oxidation sites excluding steroid dienone is 1. The van der Waals surface area contributed by atoms with E-state index in [1.165, 1.54) is 0 Å². The van der Waals surface area contributed by atoms with Crippen LogP contribution >= 0.6 is 0 Å². The van der Waals surface area contributed by atoms with Gasteiger partial charge in [0, 0.05) is 13.0 Å². The van der Waals surface area contributed by atoms with Crippen LogP contribution in [-0.4, -0.2) is 24.0 Å². The molecule has 164 valence electrons. The molecular weight excluding hydrogens is 378 g/mol. The maximum atomic E-state index is 13.0. The molecule has 0 aliphatic rings. The summed E-state index contributed by atoms with van der Waals surface area (Å²) >= 11 is 0. The van der Waals surface area contributed by atoms with Gasteiger partial charge in [-0.1, -0.05) is 56.3 Å². The second-order valence-electron chi connectivity index (χ2n) is 8.75. The third-order valence-corrected chi connectivity index (χ3v) is 4.33. The SMILES string of the molecule is CC(C)C[C@@H](C(=O)NNCCC#N)[C@H](C/C=C/c1ccccc1)C(=O)OC(C)(C)C. The smallest absolute Gasteiger partial charge is 0.310 e. The molecule has 0 radical (unpaired) electrons. The zero-order valence-corrected chi connectivity index (χ0v) is 18.8. The predicted octanol–water partition coefficient (Wildman–Crippen LogP) is 4.24. The lowest BCUT2D eigenvalue weighted by molar-refractivity contribution is -0.164. The number of nitrogens with zero attached hydrogens (tertiary/aromatic N) is 1. The Morgan fingerprint density at radius 2 is 1.83 bits per heavy atom. The molecular formula is C24H35N3O3. The summed E-state index contributed by atoms with van der Waals surface area (Å²) in [6.07, 6.45) is 5.10. The van der Waals surface area contributed by atoms with Crippen LogP contribution in [0.25, 0.3) is 6.08 Å². The maximum Gasteiger partial charge on any atom is 0.310 e. The number of amides is 1. The van der Waals surface area contributed by atoms with E-state index >= 15 is 0 Å². The number of hydrogen-bond donors (Lipinski definition) is 2. The Morgan fingerprint density at radius 3 is 2.40 bits per heavy atom. The van der Waals surface area contributed by atoms with E-state index < -0.39 is 17.4 Å². The van der Waals surface area contributed by atoms with Crippen LogP contribution in [0.15, 0.2) is 36.4 Å². The molecule has 0 aromatic heterocycles. The van der Waals surface area contributed by atoms with Gasteiger partial charge in [0.15, 0.2) is 0 Å². The Morgan fingerprint density at radius 1 is 1.17 bits per heavy atom. The van der Waals surface area contributed by atoms with Gasteiger partial charge in [0.05, 0.1) is 17.9 Å². The van der Waals surface area contributed by atoms with Gasteiger partial charge in [-0.05, 0) is 45.1 Å². The minimum absolute atomic E-state index is 0.225. The van der Waals surface area contributed by atoms with Crippen LogP contribution in [0.5, 0.6) is 0 Å². The van der Waals surface area contributed by atoms with Gasteiger partial charge in [-0.3, -0.25) is 15.0 Å². The minimum atomic E-state index is -0.637. The summed E-state index contributed by atoms with van der Waals surface area (Å²) in [5.41, 5.74) is 5.82. The van der Waals surface area contributed by atoms with Crippen molar-refractivity contribution in [1.82, 2.24) is 10.9 Å². The normalized spacial score (nSPS) is 13.6. The fourth-order valence-electron chi connectivity index (χ4n) is 3.04. The number of carbonyl (C=O) groups excluding carboxylic acids is 2. The minimum Gasteiger partial charge on any atom is -0.460 e. The first-order chi connectivity index (χ1) is 14.1. The molecule has 0 spiro atoms. The largest absolute Gasteiger partial charge is 0.460 e. The van der Waals surface area contributed by atoms with Crippen molar-refractivity contribution < 1.29 is 14.3 Å². The summed E-state index contributed by atoms with van der Waals surface area (Å²) in [6, 6.07) is 11.8. The summed E-state index contributed by atoms with van der Waals surface area (Å²) in [7, 11) is 0. The summed E-state index contributed by atoms with van der Waals surface area (Å²) in [5, 5.41) is 8.65. The second-order valence-corrected chi connectivity index (χ2v) is 8.75. The van der Waals surface area contributed by atoms with Crippen molar-refractivity contribution >= 4 is 18.0 Å². The molecule has 1 rings (SSSR count). The lowest BCUT2D eigenvalue weighted by Crippen LogP contribution is -2.46. The zero-order valence-electron chi connectivity index (χ0n) is 18.8. The molecule has 0 fully saturated rings. The predicted molar refractivity (Wildman–Crippen MR) is 119 cm³/mol. The molecule has 0 aliphatic heterocycles. The van der Waals surface area contributed by atoms with E-state index in [1.807, 2.05) is 83.2 Å². The first kappa shape index (κ1) is 25.4. The highest BCUT2D eigenvalue weighted by atomic mass is 16.6. The van der Waals surface area contributed by atoms with Crippen LogP contribution in [-0.2, 0) is 14.3 Å². The van der Waals surface area contributed by atoms with Crippen molar-refractivity contribution in [2.75, 3.05) is 6.54 Å². The van der Waals surface area contributed by atoms with Crippen LogP contribution in [0.1, 0.15) is 59.4 Å². The average molecular weight is 414 g/mol. The fraction of sp³-hybridized carbons (Fsp3) is 0.542. The molecule has 1 aromatic carbocycles. The van der Waals surface area contributed by atoms with Crippen molar-refractivity contribution in [2.45, 2.75) is 59.5 Å². The first-order valence-corrected chi connectivity index (χ1v) is 10.5. The number of carbonyl (C=O) groups is 2. The number of hydrogen-bond acceptors (Lipinski definition) is 5. The van der Waals surface area contributed by atoms with Crippen molar-refractivity contribution in [1.29, 1.82) is 5.26 Å². The molecule has 2 N–H and O–H groups in total. The lowest BCUT2D eigenvalue weighted by atomic mass is 9.82. The van der Waals surface area contributed by atoms with E-state index in [2.05, 4.69) is 10.9 Å². The number of rotatable bonds is 11. The van der Waals surface area contributed by atoms with E-state index in [9.17, 15) is 9.59 Å². The molecule has 6 nitrogen and oxygen atoms in total. The molecule has 0 heterocycles. The second kappa shape index (κ2) is 12.8. The summed E-state index contributed by atoms with van der Waals surface area (Å²) in [6.45, 7) is 9.86. The van der Waals surface area contributed by atoms with Gasteiger partial charge in [0.2, 0.25) is 5.91 Å². The Hall–Kier alpha value is -2.65. The molecule has 0 aliphatic carbocycles. The monoisotopic (exact) mass is 413 g/mol. The molecule has 0 unspecified atom stereocenters. The molecule has 30 heavy (non-hydrogen) atoms. The van der Waals surface area contributed by atoms with Gasteiger partial charge in [-0.15, -0.1) is 0 Å². The average Bonchev–Trinajstić information content (AvgIpc) is 2.66. The van der Waals surface area contributed by atoms with Crippen molar-refractivity contribution in [3.63, 3.8) is 0 Å². The van der Waals surface area contributed by atoms with Crippen LogP contribution < -0.4 is 10.9 Å². The molecule has 2 atom stereocenters. The van der Waals surface area contributed by atoms with Gasteiger partial charge in [0.25, 0.3) is 0 Å². The number of esters is 1. The Bertz CT molecular complexity index is 730. The lowest BCUT2D eigenvalue weighted by Gasteiger charge is -2.29. The summed E-state index contributed by atoms with van der Waals surface area (Å²) in [4.78, 5) is 25.9. The van der Waals surface area contributed by atoms with Crippen molar-refractivity contribution in [3.8, 4) is 6.07 Å². The topological polar surface area (TPSA) is 91.2 Å². The third kappa shape index (κ3) is 10.2. The molecule has 0 saturated carbocycles. The van der Waals surface area contributed by atoms with Crippen molar-refractivity contribution in [2.24, 2.45) is 17.8 Å². The van der Waals surface area contributed by atoms with Gasteiger partial charge >= 0.3 is 5.97 Å². The Balaban J connectivity index is 3.04. The van der Waals surface area contributed by atoms with E-state index in [0.717, 1.165) is 5.56 Å². The van der Waals surface area contributed by atoms with Crippen LogP contribution in [0.3, 0.4) is 0 Å². The highest BCUT2D eigenvalue weighted by Gasteiger charge is 2.36. The number of nitrogens with one attached hydrogen (secondary N) is 2. The maximum absolute atomic E-state index is 13.0. The van der Waals surface area contributed by atoms with E-state index in [0.29, 0.717) is 19.4 Å². The fourth-order valence-corrected chi connectivity index (χ4v) is 3.04. The first-order valence-electron chi connectivity index (χ1n) is 10.5. The number of nitriles is 1. The molecule has 1 amide bonds. The molecule has 0 saturated heterocycles. The highest BCUT2D eigenvalue weighted by Crippen LogP contribution is 2.28. The van der Waals surface area contributed by atoms with E-state index in [1.54, 1.807) is 0 Å². The van der Waals surface area contributed by atoms with Gasteiger partial charge < -0.3 is 4.74 Å². The number of hydrazine groups is 1.